The van der Waals surface area contributed by atoms with Gasteiger partial charge in [0.1, 0.15) is 19.2 Å². The van der Waals surface area contributed by atoms with Gasteiger partial charge in [0.05, 0.1) is 7.11 Å². The normalized spacial score (nSPS) is 11.2. The van der Waals surface area contributed by atoms with Gasteiger partial charge >= 0.3 is 0 Å². The zero-order valence-electron chi connectivity index (χ0n) is 9.54. The Balaban J connectivity index is 2.46. The number of ether oxygens (including phenoxy) is 1. The van der Waals surface area contributed by atoms with Crippen LogP contribution in [0, 0.1) is 0 Å². The molecule has 17 heavy (non-hydrogen) atoms. The van der Waals surface area contributed by atoms with Gasteiger partial charge in [-0.3, -0.25) is 0 Å². The van der Waals surface area contributed by atoms with Gasteiger partial charge in [-0.05, 0) is 39.6 Å². The van der Waals surface area contributed by atoms with E-state index in [0.29, 0.717) is 0 Å². The lowest BCUT2D eigenvalue weighted by Crippen LogP contribution is -2.06. The first-order valence-corrected chi connectivity index (χ1v) is 6.10. The van der Waals surface area contributed by atoms with E-state index >= 15 is 0 Å². The molecule has 0 radical (unpaired) electrons. The molecule has 2 aromatic heterocycles. The van der Waals surface area contributed by atoms with Crippen LogP contribution in [0.3, 0.4) is 0 Å². The highest BCUT2D eigenvalue weighted by atomic mass is 79.9. The SMILES string of the molecule is Bc1cc2[nH]c3ncc(Br)cc3c2cc1OC. The van der Waals surface area contributed by atoms with Crippen molar-refractivity contribution < 1.29 is 4.74 Å². The van der Waals surface area contributed by atoms with E-state index in [-0.39, 0.29) is 0 Å². The number of aromatic nitrogens is 2. The fraction of sp³-hybridized carbons (Fsp3) is 0.0833. The molecule has 0 aliphatic rings. The fourth-order valence-electron chi connectivity index (χ4n) is 2.11. The van der Waals surface area contributed by atoms with Crippen molar-refractivity contribution in [1.82, 2.24) is 9.97 Å². The molecule has 2 heterocycles. The highest BCUT2D eigenvalue weighted by molar-refractivity contribution is 9.10. The number of halogens is 1. The molecule has 0 fully saturated rings. The average molecular weight is 289 g/mol. The standard InChI is InChI=1S/C12H10BBrN2O/c1-17-11-3-7-8-2-6(14)5-15-12(8)16-10(7)4-9(11)13/h2-5H,13H2,1H3,(H,15,16). The molecule has 1 N–H and O–H groups in total. The van der Waals surface area contributed by atoms with Crippen LogP contribution < -0.4 is 10.2 Å². The van der Waals surface area contributed by atoms with E-state index in [1.54, 1.807) is 13.3 Å². The summed E-state index contributed by atoms with van der Waals surface area (Å²) in [6.07, 6.45) is 1.79. The molecule has 0 amide bonds. The molecule has 84 valence electrons. The molecule has 0 aliphatic carbocycles. The number of benzene rings is 1. The Morgan fingerprint density at radius 2 is 2.12 bits per heavy atom. The third kappa shape index (κ3) is 1.62. The molecular formula is C12H10BBrN2O. The van der Waals surface area contributed by atoms with Crippen LogP contribution in [0.4, 0.5) is 0 Å². The number of fused-ring (bicyclic) bond motifs is 3. The van der Waals surface area contributed by atoms with E-state index in [1.165, 1.54) is 0 Å². The Hall–Kier alpha value is -1.49. The minimum atomic E-state index is 0.899. The second-order valence-electron chi connectivity index (χ2n) is 4.04. The van der Waals surface area contributed by atoms with Gasteiger partial charge in [0, 0.05) is 27.0 Å². The van der Waals surface area contributed by atoms with Crippen molar-refractivity contribution in [2.75, 3.05) is 7.11 Å². The maximum absolute atomic E-state index is 5.36. The minimum absolute atomic E-state index is 0.899. The monoisotopic (exact) mass is 288 g/mol. The Labute approximate surface area is 108 Å². The van der Waals surface area contributed by atoms with E-state index in [1.807, 2.05) is 7.85 Å². The van der Waals surface area contributed by atoms with E-state index in [9.17, 15) is 0 Å². The maximum Gasteiger partial charge on any atom is 0.144 e. The van der Waals surface area contributed by atoms with Crippen molar-refractivity contribution in [3.05, 3.63) is 28.9 Å². The van der Waals surface area contributed by atoms with Crippen molar-refractivity contribution in [1.29, 1.82) is 0 Å². The summed E-state index contributed by atoms with van der Waals surface area (Å²) in [5, 5.41) is 2.24. The first kappa shape index (κ1) is 10.7. The lowest BCUT2D eigenvalue weighted by atomic mass is 9.93. The van der Waals surface area contributed by atoms with E-state index in [2.05, 4.69) is 44.1 Å². The third-order valence-electron chi connectivity index (χ3n) is 2.93. The van der Waals surface area contributed by atoms with Crippen molar-refractivity contribution in [2.45, 2.75) is 0 Å². The molecule has 3 nitrogen and oxygen atoms in total. The first-order valence-electron chi connectivity index (χ1n) is 5.30. The summed E-state index contributed by atoms with van der Waals surface area (Å²) in [5.41, 5.74) is 3.10. The van der Waals surface area contributed by atoms with Crippen LogP contribution in [0.25, 0.3) is 21.9 Å². The number of H-pyrrole nitrogens is 1. The van der Waals surface area contributed by atoms with Gasteiger partial charge in [-0.2, -0.15) is 0 Å². The van der Waals surface area contributed by atoms with Crippen LogP contribution in [-0.2, 0) is 0 Å². The molecule has 3 rings (SSSR count). The van der Waals surface area contributed by atoms with Gasteiger partial charge in [-0.25, -0.2) is 4.98 Å². The molecule has 0 spiro atoms. The Bertz CT molecular complexity index is 723. The van der Waals surface area contributed by atoms with Gasteiger partial charge in [-0.1, -0.05) is 0 Å². The number of nitrogens with one attached hydrogen (secondary N) is 1. The molecule has 0 unspecified atom stereocenters. The fourth-order valence-corrected chi connectivity index (χ4v) is 2.44. The van der Waals surface area contributed by atoms with Crippen molar-refractivity contribution in [2.24, 2.45) is 0 Å². The van der Waals surface area contributed by atoms with Crippen molar-refractivity contribution in [3.8, 4) is 5.75 Å². The quantitative estimate of drug-likeness (QED) is 0.693. The summed E-state index contributed by atoms with van der Waals surface area (Å²) in [6.45, 7) is 0. The lowest BCUT2D eigenvalue weighted by Gasteiger charge is -2.04. The van der Waals surface area contributed by atoms with Gasteiger partial charge < -0.3 is 9.72 Å². The number of hydrogen-bond donors (Lipinski definition) is 1. The smallest absolute Gasteiger partial charge is 0.144 e. The van der Waals surface area contributed by atoms with Crippen LogP contribution in [0.2, 0.25) is 0 Å². The molecular weight excluding hydrogens is 279 g/mol. The zero-order chi connectivity index (χ0) is 12.0. The Morgan fingerprint density at radius 3 is 2.88 bits per heavy atom. The average Bonchev–Trinajstić information content (AvgIpc) is 2.65. The summed E-state index contributed by atoms with van der Waals surface area (Å²) < 4.78 is 6.33. The molecule has 0 atom stereocenters. The summed E-state index contributed by atoms with van der Waals surface area (Å²) >= 11 is 3.45. The second-order valence-corrected chi connectivity index (χ2v) is 4.96. The van der Waals surface area contributed by atoms with Crippen LogP contribution in [-0.4, -0.2) is 24.9 Å². The van der Waals surface area contributed by atoms with Crippen LogP contribution in [0.15, 0.2) is 28.9 Å². The number of methoxy groups -OCH3 is 1. The zero-order valence-corrected chi connectivity index (χ0v) is 11.1. The van der Waals surface area contributed by atoms with Gasteiger partial charge in [-0.15, -0.1) is 0 Å². The topological polar surface area (TPSA) is 37.9 Å². The molecule has 0 saturated heterocycles. The highest BCUT2D eigenvalue weighted by Gasteiger charge is 2.08. The molecule has 0 aliphatic heterocycles. The number of aromatic amines is 1. The predicted molar refractivity (Wildman–Crippen MR) is 76.0 cm³/mol. The molecule has 1 aromatic carbocycles. The van der Waals surface area contributed by atoms with Gasteiger partial charge in [0.2, 0.25) is 0 Å². The molecule has 3 aromatic rings. The number of nitrogens with zero attached hydrogens (tertiary/aromatic N) is 1. The largest absolute Gasteiger partial charge is 0.497 e. The van der Waals surface area contributed by atoms with Gasteiger partial charge in [0.25, 0.3) is 0 Å². The second kappa shape index (κ2) is 3.77. The van der Waals surface area contributed by atoms with E-state index < -0.39 is 0 Å². The molecule has 5 heteroatoms. The molecule has 0 bridgehead atoms. The predicted octanol–water partition coefficient (Wildman–Crippen LogP) is 1.75. The third-order valence-corrected chi connectivity index (χ3v) is 3.37. The van der Waals surface area contributed by atoms with Crippen LogP contribution in [0.5, 0.6) is 5.75 Å². The number of pyridine rings is 1. The first-order chi connectivity index (χ1) is 8.19. The van der Waals surface area contributed by atoms with E-state index in [0.717, 1.165) is 37.6 Å². The number of hydrogen-bond acceptors (Lipinski definition) is 2. The van der Waals surface area contributed by atoms with Crippen LogP contribution in [0.1, 0.15) is 0 Å². The Kier molecular flexibility index (Phi) is 2.36. The summed E-state index contributed by atoms with van der Waals surface area (Å²) in [5.74, 6) is 0.901. The summed E-state index contributed by atoms with van der Waals surface area (Å²) in [4.78, 5) is 7.67. The minimum Gasteiger partial charge on any atom is -0.497 e. The maximum atomic E-state index is 5.36. The highest BCUT2D eigenvalue weighted by Crippen LogP contribution is 2.28. The molecule has 0 saturated carbocycles. The van der Waals surface area contributed by atoms with Gasteiger partial charge in [0.15, 0.2) is 0 Å². The lowest BCUT2D eigenvalue weighted by molar-refractivity contribution is 0.419. The summed E-state index contributed by atoms with van der Waals surface area (Å²) in [6, 6.07) is 6.21. The van der Waals surface area contributed by atoms with Crippen molar-refractivity contribution >= 4 is 51.2 Å². The summed E-state index contributed by atoms with van der Waals surface area (Å²) in [7, 11) is 3.73. The van der Waals surface area contributed by atoms with E-state index in [4.69, 9.17) is 4.74 Å². The number of rotatable bonds is 1. The van der Waals surface area contributed by atoms with Crippen LogP contribution >= 0.6 is 15.9 Å². The Morgan fingerprint density at radius 1 is 1.29 bits per heavy atom. The van der Waals surface area contributed by atoms with Crippen molar-refractivity contribution in [3.63, 3.8) is 0 Å².